The van der Waals surface area contributed by atoms with E-state index >= 15 is 0 Å². The summed E-state index contributed by atoms with van der Waals surface area (Å²) in [6, 6.07) is 0. The number of hydrogen-bond acceptors (Lipinski definition) is 8. The zero-order chi connectivity index (χ0) is 34.7. The van der Waals surface area contributed by atoms with E-state index in [1.54, 1.807) is 0 Å². The van der Waals surface area contributed by atoms with Crippen molar-refractivity contribution in [2.75, 3.05) is 26.4 Å². The fraction of sp³-hybridized carbons (Fsp3) is 0.838. The highest BCUT2D eigenvalue weighted by Gasteiger charge is 2.25. The molecule has 0 fully saturated rings. The van der Waals surface area contributed by atoms with Gasteiger partial charge in [0.1, 0.15) is 6.61 Å². The monoisotopic (exact) mass is 687 g/mol. The Labute approximate surface area is 287 Å². The molecule has 10 heteroatoms. The van der Waals surface area contributed by atoms with Crippen LogP contribution in [0.1, 0.15) is 168 Å². The summed E-state index contributed by atoms with van der Waals surface area (Å²) in [6.45, 7) is 3.65. The zero-order valence-electron chi connectivity index (χ0n) is 30.0. The molecule has 0 amide bonds. The number of phosphoric ester groups is 1. The number of rotatable bonds is 35. The van der Waals surface area contributed by atoms with Gasteiger partial charge in [-0.1, -0.05) is 122 Å². The van der Waals surface area contributed by atoms with Crippen LogP contribution >= 0.6 is 7.82 Å². The molecule has 0 aliphatic carbocycles. The molecule has 3 N–H and O–H groups in total. The van der Waals surface area contributed by atoms with E-state index in [2.05, 4.69) is 38.2 Å². The second-order valence-corrected chi connectivity index (χ2v) is 13.9. The number of unbranched alkanes of at least 4 members (excludes halogenated alkanes) is 18. The summed E-state index contributed by atoms with van der Waals surface area (Å²) in [5, 5.41) is 0. The largest absolute Gasteiger partial charge is 0.472 e. The summed E-state index contributed by atoms with van der Waals surface area (Å²) in [5.41, 5.74) is 5.32. The Balaban J connectivity index is 4.26. The topological polar surface area (TPSA) is 134 Å². The summed E-state index contributed by atoms with van der Waals surface area (Å²) in [4.78, 5) is 34.6. The summed E-state index contributed by atoms with van der Waals surface area (Å²) in [7, 11) is -4.37. The standard InChI is InChI=1S/C37H70NO8P/c1-3-5-7-9-11-13-15-16-17-18-20-22-24-26-28-30-37(40)46-35(34-45-47(41,42)44-32-31-38)33-43-36(39)29-27-25-23-21-19-14-12-10-8-6-4-2/h10,12,20,22,35H,3-9,11,13-19,21,23-34,38H2,1-2H3,(H,41,42)/b12-10+,22-20+/t35-/m1/s1. The van der Waals surface area contributed by atoms with Gasteiger partial charge in [0.25, 0.3) is 0 Å². The van der Waals surface area contributed by atoms with Crippen molar-refractivity contribution in [3.8, 4) is 0 Å². The Hall–Kier alpha value is -1.51. The van der Waals surface area contributed by atoms with E-state index in [9.17, 15) is 19.0 Å². The molecule has 0 rings (SSSR count). The number of esters is 2. The van der Waals surface area contributed by atoms with Gasteiger partial charge in [0.05, 0.1) is 13.2 Å². The van der Waals surface area contributed by atoms with Crippen molar-refractivity contribution in [3.63, 3.8) is 0 Å². The van der Waals surface area contributed by atoms with Crippen molar-refractivity contribution in [2.24, 2.45) is 5.73 Å². The lowest BCUT2D eigenvalue weighted by molar-refractivity contribution is -0.161. The molecule has 276 valence electrons. The number of phosphoric acid groups is 1. The molecule has 2 atom stereocenters. The number of ether oxygens (including phenoxy) is 2. The van der Waals surface area contributed by atoms with E-state index in [1.165, 1.54) is 70.6 Å². The van der Waals surface area contributed by atoms with Crippen LogP contribution in [0, 0.1) is 0 Å². The third kappa shape index (κ3) is 34.2. The summed E-state index contributed by atoms with van der Waals surface area (Å²) in [6.07, 6.45) is 33.6. The van der Waals surface area contributed by atoms with Gasteiger partial charge in [-0.15, -0.1) is 0 Å². The van der Waals surface area contributed by atoms with Crippen LogP contribution in [0.25, 0.3) is 0 Å². The van der Waals surface area contributed by atoms with Crippen molar-refractivity contribution < 1.29 is 37.6 Å². The number of nitrogens with two attached hydrogens (primary N) is 1. The molecule has 0 aliphatic heterocycles. The van der Waals surface area contributed by atoms with E-state index in [0.29, 0.717) is 6.42 Å². The Morgan fingerprint density at radius 1 is 0.617 bits per heavy atom. The van der Waals surface area contributed by atoms with Crippen LogP contribution in [0.15, 0.2) is 24.3 Å². The second-order valence-electron chi connectivity index (χ2n) is 12.4. The molecule has 0 bridgehead atoms. The Morgan fingerprint density at radius 3 is 1.62 bits per heavy atom. The van der Waals surface area contributed by atoms with Crippen LogP contribution in [0.3, 0.4) is 0 Å². The lowest BCUT2D eigenvalue weighted by Gasteiger charge is -2.19. The van der Waals surface area contributed by atoms with E-state index in [0.717, 1.165) is 64.2 Å². The highest BCUT2D eigenvalue weighted by atomic mass is 31.2. The predicted octanol–water partition coefficient (Wildman–Crippen LogP) is 10.0. The van der Waals surface area contributed by atoms with Gasteiger partial charge >= 0.3 is 19.8 Å². The fourth-order valence-corrected chi connectivity index (χ4v) is 5.73. The maximum Gasteiger partial charge on any atom is 0.472 e. The molecule has 9 nitrogen and oxygen atoms in total. The molecule has 0 aromatic rings. The predicted molar refractivity (Wildman–Crippen MR) is 192 cm³/mol. The van der Waals surface area contributed by atoms with Crippen LogP contribution in [0.5, 0.6) is 0 Å². The normalized spacial score (nSPS) is 13.7. The molecule has 0 aromatic heterocycles. The average Bonchev–Trinajstić information content (AvgIpc) is 3.05. The minimum absolute atomic E-state index is 0.0501. The van der Waals surface area contributed by atoms with Gasteiger partial charge in [0, 0.05) is 19.4 Å². The third-order valence-corrected chi connectivity index (χ3v) is 8.79. The van der Waals surface area contributed by atoms with E-state index in [4.69, 9.17) is 24.3 Å². The lowest BCUT2D eigenvalue weighted by Crippen LogP contribution is -2.29. The van der Waals surface area contributed by atoms with Crippen molar-refractivity contribution in [1.82, 2.24) is 0 Å². The Kier molecular flexibility index (Phi) is 33.3. The van der Waals surface area contributed by atoms with Crippen molar-refractivity contribution >= 4 is 19.8 Å². The van der Waals surface area contributed by atoms with Gasteiger partial charge in [-0.2, -0.15) is 0 Å². The zero-order valence-corrected chi connectivity index (χ0v) is 30.9. The molecule has 47 heavy (non-hydrogen) atoms. The third-order valence-electron chi connectivity index (χ3n) is 7.81. The van der Waals surface area contributed by atoms with Crippen LogP contribution in [-0.2, 0) is 32.7 Å². The highest BCUT2D eigenvalue weighted by Crippen LogP contribution is 2.43. The van der Waals surface area contributed by atoms with E-state index in [-0.39, 0.29) is 32.6 Å². The summed E-state index contributed by atoms with van der Waals surface area (Å²) < 4.78 is 32.6. The van der Waals surface area contributed by atoms with Gasteiger partial charge in [-0.25, -0.2) is 4.57 Å². The number of carbonyl (C=O) groups excluding carboxylic acids is 2. The van der Waals surface area contributed by atoms with Gasteiger partial charge in [-0.05, 0) is 57.8 Å². The second kappa shape index (κ2) is 34.4. The molecule has 0 radical (unpaired) electrons. The van der Waals surface area contributed by atoms with Crippen LogP contribution in [0.4, 0.5) is 0 Å². The maximum atomic E-state index is 12.5. The minimum atomic E-state index is -4.37. The first-order valence-electron chi connectivity index (χ1n) is 18.8. The molecule has 0 saturated heterocycles. The van der Waals surface area contributed by atoms with E-state index < -0.39 is 32.5 Å². The highest BCUT2D eigenvalue weighted by molar-refractivity contribution is 7.47. The first-order valence-corrected chi connectivity index (χ1v) is 20.3. The molecule has 0 saturated carbocycles. The molecule has 0 aromatic carbocycles. The molecule has 0 aliphatic rings. The molecule has 0 heterocycles. The number of hydrogen-bond donors (Lipinski definition) is 2. The van der Waals surface area contributed by atoms with Gasteiger partial charge in [0.2, 0.25) is 0 Å². The smallest absolute Gasteiger partial charge is 0.462 e. The molecule has 1 unspecified atom stereocenters. The molecular weight excluding hydrogens is 617 g/mol. The maximum absolute atomic E-state index is 12.5. The summed E-state index contributed by atoms with van der Waals surface area (Å²) in [5.74, 6) is -0.866. The quantitative estimate of drug-likeness (QED) is 0.0289. The van der Waals surface area contributed by atoms with Gasteiger partial charge in [0.15, 0.2) is 6.10 Å². The SMILES string of the molecule is CCCC/C=C/CCCCCCCC(=O)OC[C@H](COP(=O)(O)OCCN)OC(=O)CCCC/C=C/CCCCCCCCCCC. The van der Waals surface area contributed by atoms with Crippen molar-refractivity contribution in [3.05, 3.63) is 24.3 Å². The van der Waals surface area contributed by atoms with Crippen molar-refractivity contribution in [2.45, 2.75) is 174 Å². The fourth-order valence-electron chi connectivity index (χ4n) is 4.96. The minimum Gasteiger partial charge on any atom is -0.462 e. The molecular formula is C37H70NO8P. The van der Waals surface area contributed by atoms with E-state index in [1.807, 2.05) is 0 Å². The number of allylic oxidation sites excluding steroid dienone is 4. The van der Waals surface area contributed by atoms with Crippen LogP contribution in [0.2, 0.25) is 0 Å². The molecule has 0 spiro atoms. The Bertz CT molecular complexity index is 835. The Morgan fingerprint density at radius 2 is 1.06 bits per heavy atom. The first-order chi connectivity index (χ1) is 22.8. The first kappa shape index (κ1) is 45.5. The van der Waals surface area contributed by atoms with Gasteiger partial charge in [-0.3, -0.25) is 18.6 Å². The lowest BCUT2D eigenvalue weighted by atomic mass is 10.1. The number of carbonyl (C=O) groups is 2. The van der Waals surface area contributed by atoms with Crippen LogP contribution in [-0.4, -0.2) is 49.3 Å². The summed E-state index contributed by atoms with van der Waals surface area (Å²) >= 11 is 0. The average molecular weight is 688 g/mol. The van der Waals surface area contributed by atoms with Crippen LogP contribution < -0.4 is 5.73 Å². The van der Waals surface area contributed by atoms with Gasteiger partial charge < -0.3 is 20.1 Å². The van der Waals surface area contributed by atoms with Crippen molar-refractivity contribution in [1.29, 1.82) is 0 Å².